The molecule has 0 unspecified atom stereocenters. The van der Waals surface area contributed by atoms with E-state index in [9.17, 15) is 4.79 Å². The largest absolute Gasteiger partial charge is 0.496 e. The summed E-state index contributed by atoms with van der Waals surface area (Å²) in [6, 6.07) is 12.9. The van der Waals surface area contributed by atoms with Gasteiger partial charge in [0.05, 0.1) is 20.3 Å². The Bertz CT molecular complexity index is 1010. The Balaban J connectivity index is 1.57. The second-order valence-corrected chi connectivity index (χ2v) is 6.16. The van der Waals surface area contributed by atoms with Crippen LogP contribution in [0.15, 0.2) is 48.5 Å². The minimum absolute atomic E-state index is 0.204. The highest BCUT2D eigenvalue weighted by Gasteiger charge is 2.13. The lowest BCUT2D eigenvalue weighted by molar-refractivity contribution is 0.0677. The van der Waals surface area contributed by atoms with Crippen molar-refractivity contribution in [2.75, 3.05) is 20.3 Å². The number of benzene rings is 2. The lowest BCUT2D eigenvalue weighted by atomic mass is 10.1. The van der Waals surface area contributed by atoms with Crippen LogP contribution in [0, 0.1) is 0 Å². The molecule has 0 bridgehead atoms. The monoisotopic (exact) mass is 410 g/mol. The van der Waals surface area contributed by atoms with Crippen molar-refractivity contribution >= 4 is 12.0 Å². The predicted octanol–water partition coefficient (Wildman–Crippen LogP) is 2.92. The minimum Gasteiger partial charge on any atom is -0.496 e. The Morgan fingerprint density at radius 1 is 1.13 bits per heavy atom. The molecule has 3 aromatic rings. The SMILES string of the molecule is CCOc1ccc(OC)c(/C=C/COc2ccc(Cn3nnnc3C(=O)O)cc2)c1. The molecule has 0 aliphatic carbocycles. The molecule has 156 valence electrons. The van der Waals surface area contributed by atoms with E-state index in [4.69, 9.17) is 19.3 Å². The normalized spacial score (nSPS) is 10.9. The summed E-state index contributed by atoms with van der Waals surface area (Å²) < 4.78 is 17.9. The number of aromatic nitrogens is 4. The molecule has 0 atom stereocenters. The zero-order valence-electron chi connectivity index (χ0n) is 16.7. The van der Waals surface area contributed by atoms with Gasteiger partial charge in [0.15, 0.2) is 0 Å². The van der Waals surface area contributed by atoms with Gasteiger partial charge in [-0.2, -0.15) is 0 Å². The maximum Gasteiger partial charge on any atom is 0.375 e. The van der Waals surface area contributed by atoms with Gasteiger partial charge in [-0.1, -0.05) is 18.2 Å². The Labute approximate surface area is 173 Å². The summed E-state index contributed by atoms with van der Waals surface area (Å²) in [4.78, 5) is 11.1. The zero-order chi connectivity index (χ0) is 21.3. The van der Waals surface area contributed by atoms with Gasteiger partial charge in [0.25, 0.3) is 5.82 Å². The van der Waals surface area contributed by atoms with Crippen LogP contribution in [-0.2, 0) is 6.54 Å². The van der Waals surface area contributed by atoms with Crippen molar-refractivity contribution in [3.63, 3.8) is 0 Å². The molecule has 3 rings (SSSR count). The Kier molecular flexibility index (Phi) is 6.99. The molecule has 1 N–H and O–H groups in total. The average Bonchev–Trinajstić information content (AvgIpc) is 3.21. The van der Waals surface area contributed by atoms with Crippen molar-refractivity contribution in [3.05, 3.63) is 65.5 Å². The summed E-state index contributed by atoms with van der Waals surface area (Å²) in [6.45, 7) is 3.16. The molecule has 2 aromatic carbocycles. The number of hydrogen-bond donors (Lipinski definition) is 1. The number of hydrogen-bond acceptors (Lipinski definition) is 7. The molecule has 1 aromatic heterocycles. The van der Waals surface area contributed by atoms with Gasteiger partial charge in [0, 0.05) is 5.56 Å². The number of aromatic carboxylic acids is 1. The summed E-state index contributed by atoms with van der Waals surface area (Å²) in [7, 11) is 1.62. The number of carboxylic acid groups (broad SMARTS) is 1. The Morgan fingerprint density at radius 2 is 1.90 bits per heavy atom. The molecule has 0 amide bonds. The molecule has 0 aliphatic heterocycles. The topological polar surface area (TPSA) is 109 Å². The van der Waals surface area contributed by atoms with Crippen LogP contribution in [0.1, 0.15) is 28.7 Å². The standard InChI is InChI=1S/C21H22N4O5/c1-3-29-18-10-11-19(28-2)16(13-18)5-4-12-30-17-8-6-15(7-9-17)14-25-20(21(26)27)22-23-24-25/h4-11,13H,3,12,14H2,1-2H3,(H,26,27)/b5-4+. The molecule has 30 heavy (non-hydrogen) atoms. The van der Waals surface area contributed by atoms with Crippen molar-refractivity contribution in [2.24, 2.45) is 0 Å². The first-order chi connectivity index (χ1) is 14.6. The number of rotatable bonds is 10. The lowest BCUT2D eigenvalue weighted by Gasteiger charge is -2.09. The van der Waals surface area contributed by atoms with E-state index in [2.05, 4.69) is 15.5 Å². The predicted molar refractivity (Wildman–Crippen MR) is 109 cm³/mol. The minimum atomic E-state index is -1.17. The van der Waals surface area contributed by atoms with Crippen molar-refractivity contribution in [1.82, 2.24) is 20.2 Å². The zero-order valence-corrected chi connectivity index (χ0v) is 16.7. The number of carbonyl (C=O) groups is 1. The van der Waals surface area contributed by atoms with Crippen molar-refractivity contribution in [1.29, 1.82) is 0 Å². The summed E-state index contributed by atoms with van der Waals surface area (Å²) in [5.41, 5.74) is 1.75. The summed E-state index contributed by atoms with van der Waals surface area (Å²) in [5.74, 6) is 0.846. The molecule has 0 radical (unpaired) electrons. The lowest BCUT2D eigenvalue weighted by Crippen LogP contribution is -2.12. The van der Waals surface area contributed by atoms with E-state index in [1.54, 1.807) is 7.11 Å². The molecular formula is C21H22N4O5. The molecular weight excluding hydrogens is 388 g/mol. The van der Waals surface area contributed by atoms with E-state index in [1.807, 2.05) is 61.5 Å². The third-order valence-electron chi connectivity index (χ3n) is 4.13. The van der Waals surface area contributed by atoms with E-state index in [-0.39, 0.29) is 12.4 Å². The number of methoxy groups -OCH3 is 1. The van der Waals surface area contributed by atoms with E-state index < -0.39 is 5.97 Å². The summed E-state index contributed by atoms with van der Waals surface area (Å²) in [6.07, 6.45) is 3.81. The van der Waals surface area contributed by atoms with Gasteiger partial charge in [-0.3, -0.25) is 0 Å². The van der Waals surface area contributed by atoms with Gasteiger partial charge in [0.1, 0.15) is 23.9 Å². The van der Waals surface area contributed by atoms with Crippen molar-refractivity contribution < 1.29 is 24.1 Å². The van der Waals surface area contributed by atoms with Gasteiger partial charge < -0.3 is 19.3 Å². The van der Waals surface area contributed by atoms with Crippen LogP contribution in [0.4, 0.5) is 0 Å². The van der Waals surface area contributed by atoms with Crippen molar-refractivity contribution in [3.8, 4) is 17.2 Å². The molecule has 9 heteroatoms. The number of tetrazole rings is 1. The first kappa shape index (κ1) is 20.8. The smallest absolute Gasteiger partial charge is 0.375 e. The number of ether oxygens (including phenoxy) is 3. The second-order valence-electron chi connectivity index (χ2n) is 6.16. The highest BCUT2D eigenvalue weighted by molar-refractivity contribution is 5.83. The first-order valence-corrected chi connectivity index (χ1v) is 9.29. The first-order valence-electron chi connectivity index (χ1n) is 9.29. The highest BCUT2D eigenvalue weighted by atomic mass is 16.5. The van der Waals surface area contributed by atoms with Crippen LogP contribution in [0.2, 0.25) is 0 Å². The quantitative estimate of drug-likeness (QED) is 0.543. The third kappa shape index (κ3) is 5.34. The fourth-order valence-electron chi connectivity index (χ4n) is 2.75. The number of carboxylic acids is 1. The Hall–Kier alpha value is -3.88. The van der Waals surface area contributed by atoms with Gasteiger partial charge >= 0.3 is 5.97 Å². The van der Waals surface area contributed by atoms with E-state index >= 15 is 0 Å². The summed E-state index contributed by atoms with van der Waals surface area (Å²) >= 11 is 0. The van der Waals surface area contributed by atoms with Crippen LogP contribution in [0.3, 0.4) is 0 Å². The van der Waals surface area contributed by atoms with E-state index in [0.29, 0.717) is 19.0 Å². The van der Waals surface area contributed by atoms with Crippen molar-refractivity contribution in [2.45, 2.75) is 13.5 Å². The molecule has 0 fully saturated rings. The number of nitrogens with zero attached hydrogens (tertiary/aromatic N) is 4. The van der Waals surface area contributed by atoms with Crippen LogP contribution in [-0.4, -0.2) is 51.6 Å². The molecule has 0 spiro atoms. The average molecular weight is 410 g/mol. The van der Waals surface area contributed by atoms with Crippen LogP contribution in [0.5, 0.6) is 17.2 Å². The Morgan fingerprint density at radius 3 is 2.60 bits per heavy atom. The van der Waals surface area contributed by atoms with Crippen LogP contribution in [0.25, 0.3) is 6.08 Å². The fraction of sp³-hybridized carbons (Fsp3) is 0.238. The molecule has 1 heterocycles. The van der Waals surface area contributed by atoms with Crippen LogP contribution < -0.4 is 14.2 Å². The van der Waals surface area contributed by atoms with Gasteiger partial charge in [-0.15, -0.1) is 5.10 Å². The molecule has 9 nitrogen and oxygen atoms in total. The molecule has 0 aliphatic rings. The van der Waals surface area contributed by atoms with E-state index in [1.165, 1.54) is 4.68 Å². The van der Waals surface area contributed by atoms with Gasteiger partial charge in [0.2, 0.25) is 0 Å². The van der Waals surface area contributed by atoms with Gasteiger partial charge in [-0.05, 0) is 59.3 Å². The third-order valence-corrected chi connectivity index (χ3v) is 4.13. The highest BCUT2D eigenvalue weighted by Crippen LogP contribution is 2.25. The maximum atomic E-state index is 11.1. The van der Waals surface area contributed by atoms with Crippen LogP contribution >= 0.6 is 0 Å². The molecule has 0 saturated carbocycles. The fourth-order valence-corrected chi connectivity index (χ4v) is 2.75. The van der Waals surface area contributed by atoms with Gasteiger partial charge in [-0.25, -0.2) is 9.48 Å². The maximum absolute atomic E-state index is 11.1. The molecule has 0 saturated heterocycles. The summed E-state index contributed by atoms with van der Waals surface area (Å²) in [5, 5.41) is 19.6. The second kappa shape index (κ2) is 10.1. The van der Waals surface area contributed by atoms with E-state index in [0.717, 1.165) is 22.6 Å².